The molecule has 0 bridgehead atoms. The van der Waals surface area contributed by atoms with Gasteiger partial charge >= 0.3 is 0 Å². The molecule has 0 saturated carbocycles. The molecular formula is C28H38O13. The average molecular weight is 583 g/mol. The van der Waals surface area contributed by atoms with Crippen molar-refractivity contribution >= 4 is 0 Å². The van der Waals surface area contributed by atoms with Crippen LogP contribution in [-0.4, -0.2) is 103 Å². The lowest BCUT2D eigenvalue weighted by Gasteiger charge is -2.39. The number of aliphatic hydroxyl groups is 4. The number of rotatable bonds is 10. The van der Waals surface area contributed by atoms with Crippen LogP contribution in [0.3, 0.4) is 0 Å². The lowest BCUT2D eigenvalue weighted by molar-refractivity contribution is -0.296. The Bertz CT molecular complexity index is 1140. The van der Waals surface area contributed by atoms with Gasteiger partial charge in [-0.1, -0.05) is 0 Å². The lowest BCUT2D eigenvalue weighted by Crippen LogP contribution is -2.57. The number of hydrogen-bond donors (Lipinski definition) is 6. The lowest BCUT2D eigenvalue weighted by atomic mass is 9.83. The van der Waals surface area contributed by atoms with E-state index < -0.39 is 54.7 Å². The van der Waals surface area contributed by atoms with Gasteiger partial charge in [0.15, 0.2) is 29.3 Å². The van der Waals surface area contributed by atoms with Gasteiger partial charge in [0.25, 0.3) is 0 Å². The van der Waals surface area contributed by atoms with Gasteiger partial charge < -0.3 is 63.8 Å². The van der Waals surface area contributed by atoms with Crippen molar-refractivity contribution < 1.29 is 63.8 Å². The first-order chi connectivity index (χ1) is 19.6. The van der Waals surface area contributed by atoms with E-state index in [0.717, 1.165) is 0 Å². The van der Waals surface area contributed by atoms with Crippen LogP contribution in [0.5, 0.6) is 34.5 Å². The Morgan fingerprint density at radius 1 is 0.659 bits per heavy atom. The molecule has 0 unspecified atom stereocenters. The molecule has 9 atom stereocenters. The van der Waals surface area contributed by atoms with E-state index in [9.17, 15) is 30.6 Å². The van der Waals surface area contributed by atoms with Gasteiger partial charge in [0.2, 0.25) is 11.5 Å². The number of ether oxygens (including phenoxy) is 7. The monoisotopic (exact) mass is 582 g/mol. The number of phenolic OH excluding ortho intramolecular Hbond substituents is 2. The van der Waals surface area contributed by atoms with Gasteiger partial charge in [-0.05, 0) is 42.3 Å². The smallest absolute Gasteiger partial charge is 0.200 e. The van der Waals surface area contributed by atoms with Crippen LogP contribution >= 0.6 is 0 Å². The van der Waals surface area contributed by atoms with Crippen molar-refractivity contribution in [3.05, 3.63) is 35.4 Å². The van der Waals surface area contributed by atoms with Gasteiger partial charge in [0, 0.05) is 18.4 Å². The minimum Gasteiger partial charge on any atom is -0.502 e. The predicted molar refractivity (Wildman–Crippen MR) is 141 cm³/mol. The number of phenols is 2. The second-order valence-electron chi connectivity index (χ2n) is 10.1. The summed E-state index contributed by atoms with van der Waals surface area (Å²) in [6.45, 7) is 1.09. The first kappa shape index (κ1) is 30.9. The van der Waals surface area contributed by atoms with Crippen LogP contribution in [0.15, 0.2) is 24.3 Å². The summed E-state index contributed by atoms with van der Waals surface area (Å²) in [6, 6.07) is 6.32. The molecule has 2 fully saturated rings. The molecule has 0 amide bonds. The minimum atomic E-state index is -1.52. The van der Waals surface area contributed by atoms with Crippen molar-refractivity contribution in [1.29, 1.82) is 0 Å². The molecule has 2 heterocycles. The van der Waals surface area contributed by atoms with Crippen LogP contribution in [0, 0.1) is 11.8 Å². The summed E-state index contributed by atoms with van der Waals surface area (Å²) in [5.41, 5.74) is 1.08. The molecule has 13 nitrogen and oxygen atoms in total. The Morgan fingerprint density at radius 2 is 1.10 bits per heavy atom. The van der Waals surface area contributed by atoms with Gasteiger partial charge in [-0.2, -0.15) is 0 Å². The standard InChI is InChI=1S/C28H38O13/c1-12-21(30)24(33)25(34)28(40-12)39-11-16-15(10-29)26(13-6-17(35-2)22(31)18(7-13)36-3)41-27(16)14-8-19(37-4)23(32)20(9-14)38-5/h6-9,12,15-16,21,24-34H,10-11H2,1-5H3/t12-,15-,16-,21-,24+,25+,26+,27+,28+/m0/s1. The SMILES string of the molecule is COc1cc([C@H]2O[C@H](c3cc(OC)c(O)c(OC)c3)[C@@H](CO[C@@H]3O[C@@H](C)[C@H](O)[C@@H](O)[C@H]3O)[C@@H]2CO)cc(OC)c1O. The van der Waals surface area contributed by atoms with Crippen molar-refractivity contribution in [3.63, 3.8) is 0 Å². The highest BCUT2D eigenvalue weighted by Crippen LogP contribution is 2.53. The highest BCUT2D eigenvalue weighted by atomic mass is 16.7. The second kappa shape index (κ2) is 12.9. The van der Waals surface area contributed by atoms with Crippen LogP contribution in [0.25, 0.3) is 0 Å². The third-order valence-electron chi connectivity index (χ3n) is 7.75. The van der Waals surface area contributed by atoms with Crippen molar-refractivity contribution in [3.8, 4) is 34.5 Å². The fourth-order valence-electron chi connectivity index (χ4n) is 5.42. The number of benzene rings is 2. The summed E-state index contributed by atoms with van der Waals surface area (Å²) < 4.78 is 39.4. The Balaban J connectivity index is 1.74. The molecule has 0 radical (unpaired) electrons. The van der Waals surface area contributed by atoms with Crippen LogP contribution in [0.4, 0.5) is 0 Å². The molecule has 2 aromatic rings. The molecule has 41 heavy (non-hydrogen) atoms. The zero-order valence-corrected chi connectivity index (χ0v) is 23.5. The second-order valence-corrected chi connectivity index (χ2v) is 10.1. The summed E-state index contributed by atoms with van der Waals surface area (Å²) >= 11 is 0. The molecule has 2 aliphatic heterocycles. The Kier molecular flexibility index (Phi) is 9.70. The highest BCUT2D eigenvalue weighted by molar-refractivity contribution is 5.55. The van der Waals surface area contributed by atoms with Gasteiger partial charge in [-0.15, -0.1) is 0 Å². The van der Waals surface area contributed by atoms with Gasteiger partial charge in [-0.3, -0.25) is 0 Å². The zero-order chi connectivity index (χ0) is 30.0. The van der Waals surface area contributed by atoms with E-state index >= 15 is 0 Å². The fraction of sp³-hybridized carbons (Fsp3) is 0.571. The molecule has 0 aromatic heterocycles. The Labute approximate surface area is 237 Å². The quantitative estimate of drug-likeness (QED) is 0.233. The van der Waals surface area contributed by atoms with Gasteiger partial charge in [0.05, 0.1) is 53.4 Å². The first-order valence-corrected chi connectivity index (χ1v) is 13.1. The molecule has 2 aliphatic rings. The average Bonchev–Trinajstić information content (AvgIpc) is 3.35. The molecule has 4 rings (SSSR count). The third kappa shape index (κ3) is 5.84. The minimum absolute atomic E-state index is 0.110. The summed E-state index contributed by atoms with van der Waals surface area (Å²) in [4.78, 5) is 0. The van der Waals surface area contributed by atoms with E-state index in [4.69, 9.17) is 33.2 Å². The number of hydrogen-bond acceptors (Lipinski definition) is 13. The third-order valence-corrected chi connectivity index (χ3v) is 7.75. The molecule has 228 valence electrons. The number of aromatic hydroxyl groups is 2. The van der Waals surface area contributed by atoms with Crippen molar-refractivity contribution in [1.82, 2.24) is 0 Å². The van der Waals surface area contributed by atoms with Crippen LogP contribution in [0.2, 0.25) is 0 Å². The van der Waals surface area contributed by atoms with Crippen LogP contribution in [-0.2, 0) is 14.2 Å². The maximum Gasteiger partial charge on any atom is 0.200 e. The maximum absolute atomic E-state index is 10.6. The fourth-order valence-corrected chi connectivity index (χ4v) is 5.42. The summed E-state index contributed by atoms with van der Waals surface area (Å²) in [7, 11) is 5.58. The number of aliphatic hydroxyl groups excluding tert-OH is 4. The van der Waals surface area contributed by atoms with Crippen LogP contribution in [0.1, 0.15) is 30.3 Å². The summed E-state index contributed by atoms with van der Waals surface area (Å²) in [5, 5.41) is 62.3. The Morgan fingerprint density at radius 3 is 1.51 bits per heavy atom. The zero-order valence-electron chi connectivity index (χ0n) is 23.5. The number of methoxy groups -OCH3 is 4. The molecule has 13 heteroatoms. The molecule has 2 saturated heterocycles. The topological polar surface area (TPSA) is 186 Å². The summed E-state index contributed by atoms with van der Waals surface area (Å²) in [6.07, 6.45) is -7.89. The Hall–Kier alpha value is -3.04. The van der Waals surface area contributed by atoms with E-state index in [0.29, 0.717) is 11.1 Å². The first-order valence-electron chi connectivity index (χ1n) is 13.1. The van der Waals surface area contributed by atoms with Crippen molar-refractivity contribution in [2.75, 3.05) is 41.7 Å². The highest BCUT2D eigenvalue weighted by Gasteiger charge is 2.48. The largest absolute Gasteiger partial charge is 0.502 e. The van der Waals surface area contributed by atoms with Gasteiger partial charge in [-0.25, -0.2) is 0 Å². The molecule has 0 aliphatic carbocycles. The van der Waals surface area contributed by atoms with E-state index in [2.05, 4.69) is 0 Å². The van der Waals surface area contributed by atoms with Crippen molar-refractivity contribution in [2.45, 2.75) is 49.8 Å². The molecule has 6 N–H and O–H groups in total. The van der Waals surface area contributed by atoms with E-state index in [1.54, 1.807) is 31.2 Å². The van der Waals surface area contributed by atoms with E-state index in [1.165, 1.54) is 28.4 Å². The molecule has 2 aromatic carbocycles. The maximum atomic E-state index is 10.6. The predicted octanol–water partition coefficient (Wildman–Crippen LogP) is 1.01. The molecule has 0 spiro atoms. The van der Waals surface area contributed by atoms with E-state index in [1.807, 2.05) is 0 Å². The molecular weight excluding hydrogens is 544 g/mol. The van der Waals surface area contributed by atoms with Crippen LogP contribution < -0.4 is 18.9 Å². The van der Waals surface area contributed by atoms with Gasteiger partial charge in [0.1, 0.15) is 18.3 Å². The summed E-state index contributed by atoms with van der Waals surface area (Å²) in [5.74, 6) is -1.02. The normalized spacial score (nSPS) is 31.6. The van der Waals surface area contributed by atoms with E-state index in [-0.39, 0.29) is 47.7 Å². The van der Waals surface area contributed by atoms with Crippen molar-refractivity contribution in [2.24, 2.45) is 11.8 Å².